The van der Waals surface area contributed by atoms with E-state index in [2.05, 4.69) is 42.5 Å². The zero-order valence-corrected chi connectivity index (χ0v) is 41.8. The molecule has 396 valence electrons. The fraction of sp³-hybridized carbons (Fsp3) is 0.681. The molecule has 0 aromatic heterocycles. The van der Waals surface area contributed by atoms with Crippen LogP contribution in [0.2, 0.25) is 0 Å². The average Bonchev–Trinajstić information content (AvgIpc) is 3.29. The van der Waals surface area contributed by atoms with Gasteiger partial charge < -0.3 is 75.1 Å². The average molecular weight is 992 g/mol. The number of nitrogens with one attached hydrogen (secondary N) is 8. The predicted molar refractivity (Wildman–Crippen MR) is 261 cm³/mol. The normalized spacial score (nSPS) is 15.2. The van der Waals surface area contributed by atoms with Crippen LogP contribution in [0.4, 0.5) is 0 Å². The summed E-state index contributed by atoms with van der Waals surface area (Å²) in [4.78, 5) is 120. The van der Waals surface area contributed by atoms with Crippen LogP contribution in [-0.2, 0) is 49.6 Å². The SMILES string of the molecule is CC(C)C[C@H](NC(=O)[C@H](Cc1ccccc1)NC(=O)[C@@H](NC(=O)[C@H](CCCCN)NC(=O)[C@H](CCCCN)NC(=O)[C@H](CC(C)C)NC(=O)[C@@H](N)CO)[C@@H](C)O)C(=O)NCC(=O)N[C@H](C(=O)O)C(C)C. The Kier molecular flexibility index (Phi) is 29.3. The van der Waals surface area contributed by atoms with Crippen molar-refractivity contribution in [2.45, 2.75) is 161 Å². The monoisotopic (exact) mass is 992 g/mol. The third-order valence-electron chi connectivity index (χ3n) is 11.0. The first-order valence-electron chi connectivity index (χ1n) is 24.1. The smallest absolute Gasteiger partial charge is 0.326 e. The molecule has 0 aliphatic carbocycles. The van der Waals surface area contributed by atoms with Gasteiger partial charge in [0, 0.05) is 6.42 Å². The van der Waals surface area contributed by atoms with E-state index < -0.39 is 127 Å². The van der Waals surface area contributed by atoms with Gasteiger partial charge in [-0.25, -0.2) is 4.79 Å². The number of aliphatic hydroxyl groups excluding tert-OH is 2. The minimum absolute atomic E-state index is 0.0232. The molecule has 0 spiro atoms. The highest BCUT2D eigenvalue weighted by Crippen LogP contribution is 2.12. The topological polar surface area (TPSA) is 389 Å². The molecule has 17 N–H and O–H groups in total. The number of benzene rings is 1. The summed E-state index contributed by atoms with van der Waals surface area (Å²) < 4.78 is 0. The molecule has 0 aliphatic heterocycles. The maximum atomic E-state index is 14.1. The minimum Gasteiger partial charge on any atom is -0.480 e. The summed E-state index contributed by atoms with van der Waals surface area (Å²) in [5.41, 5.74) is 17.7. The highest BCUT2D eigenvalue weighted by atomic mass is 16.4. The summed E-state index contributed by atoms with van der Waals surface area (Å²) in [6.45, 7) is 11.0. The number of carbonyl (C=O) groups is 9. The highest BCUT2D eigenvalue weighted by Gasteiger charge is 2.36. The van der Waals surface area contributed by atoms with Crippen LogP contribution in [0.5, 0.6) is 0 Å². The number of hydrogen-bond acceptors (Lipinski definition) is 14. The predicted octanol–water partition coefficient (Wildman–Crippen LogP) is -2.47. The van der Waals surface area contributed by atoms with Gasteiger partial charge in [-0.1, -0.05) is 71.9 Å². The Morgan fingerprint density at radius 2 is 0.986 bits per heavy atom. The van der Waals surface area contributed by atoms with Crippen molar-refractivity contribution < 1.29 is 58.5 Å². The maximum Gasteiger partial charge on any atom is 0.326 e. The van der Waals surface area contributed by atoms with Crippen LogP contribution in [0.15, 0.2) is 30.3 Å². The van der Waals surface area contributed by atoms with E-state index in [-0.39, 0.29) is 50.5 Å². The molecule has 0 saturated heterocycles. The molecule has 0 aliphatic rings. The molecule has 0 unspecified atom stereocenters. The number of amides is 8. The molecule has 0 fully saturated rings. The Balaban J connectivity index is 3.46. The summed E-state index contributed by atoms with van der Waals surface area (Å²) in [7, 11) is 0. The summed E-state index contributed by atoms with van der Waals surface area (Å²) in [6.07, 6.45) is 0.402. The van der Waals surface area contributed by atoms with E-state index in [9.17, 15) is 58.5 Å². The first-order valence-corrected chi connectivity index (χ1v) is 24.1. The summed E-state index contributed by atoms with van der Waals surface area (Å²) in [5.74, 6) is -8.38. The third-order valence-corrected chi connectivity index (χ3v) is 11.0. The minimum atomic E-state index is -1.69. The number of rotatable bonds is 34. The first-order chi connectivity index (χ1) is 32.9. The molecule has 23 heteroatoms. The quantitative estimate of drug-likeness (QED) is 0.0318. The van der Waals surface area contributed by atoms with E-state index >= 15 is 0 Å². The van der Waals surface area contributed by atoms with Crippen molar-refractivity contribution in [3.05, 3.63) is 35.9 Å². The molecule has 0 radical (unpaired) electrons. The summed E-state index contributed by atoms with van der Waals surface area (Å²) in [5, 5.41) is 50.2. The largest absolute Gasteiger partial charge is 0.480 e. The Hall–Kier alpha value is -5.75. The molecule has 0 bridgehead atoms. The van der Waals surface area contributed by atoms with E-state index in [4.69, 9.17) is 17.2 Å². The van der Waals surface area contributed by atoms with Gasteiger partial charge in [0.2, 0.25) is 47.3 Å². The number of carboxylic acids is 1. The third kappa shape index (κ3) is 23.7. The Labute approximate surface area is 411 Å². The van der Waals surface area contributed by atoms with Crippen molar-refractivity contribution in [1.29, 1.82) is 0 Å². The second-order valence-corrected chi connectivity index (χ2v) is 18.7. The zero-order chi connectivity index (χ0) is 53.1. The molecule has 9 atom stereocenters. The van der Waals surface area contributed by atoms with Gasteiger partial charge in [0.25, 0.3) is 0 Å². The van der Waals surface area contributed by atoms with Gasteiger partial charge in [-0.3, -0.25) is 38.4 Å². The van der Waals surface area contributed by atoms with Crippen LogP contribution in [-0.4, -0.2) is 149 Å². The second kappa shape index (κ2) is 32.9. The molecule has 23 nitrogen and oxygen atoms in total. The molecule has 8 amide bonds. The molecule has 70 heavy (non-hydrogen) atoms. The fourth-order valence-corrected chi connectivity index (χ4v) is 7.12. The molecule has 1 aromatic carbocycles. The lowest BCUT2D eigenvalue weighted by Gasteiger charge is -2.29. The van der Waals surface area contributed by atoms with Crippen molar-refractivity contribution in [3.63, 3.8) is 0 Å². The van der Waals surface area contributed by atoms with Gasteiger partial charge in [0.05, 0.1) is 19.3 Å². The summed E-state index contributed by atoms with van der Waals surface area (Å²) in [6, 6.07) is -1.88. The molecule has 0 saturated carbocycles. The van der Waals surface area contributed by atoms with Crippen LogP contribution in [0.25, 0.3) is 0 Å². The molecular weight excluding hydrogens is 911 g/mol. The number of aliphatic carboxylic acids is 1. The van der Waals surface area contributed by atoms with Crippen LogP contribution >= 0.6 is 0 Å². The van der Waals surface area contributed by atoms with Crippen molar-refractivity contribution in [2.24, 2.45) is 35.0 Å². The molecule has 1 aromatic rings. The van der Waals surface area contributed by atoms with E-state index in [1.54, 1.807) is 58.0 Å². The lowest BCUT2D eigenvalue weighted by atomic mass is 10.0. The number of hydrogen-bond donors (Lipinski definition) is 14. The van der Waals surface area contributed by atoms with Crippen LogP contribution in [0.1, 0.15) is 105 Å². The van der Waals surface area contributed by atoms with Crippen molar-refractivity contribution in [3.8, 4) is 0 Å². The zero-order valence-electron chi connectivity index (χ0n) is 41.8. The fourth-order valence-electron chi connectivity index (χ4n) is 7.12. The Bertz CT molecular complexity index is 1840. The second-order valence-electron chi connectivity index (χ2n) is 18.7. The lowest BCUT2D eigenvalue weighted by Crippen LogP contribution is -2.62. The molecule has 1 rings (SSSR count). The Morgan fingerprint density at radius 1 is 0.543 bits per heavy atom. The van der Waals surface area contributed by atoms with Gasteiger partial charge in [0.15, 0.2) is 0 Å². The lowest BCUT2D eigenvalue weighted by molar-refractivity contribution is -0.143. The summed E-state index contributed by atoms with van der Waals surface area (Å²) >= 11 is 0. The van der Waals surface area contributed by atoms with E-state index in [1.807, 2.05) is 13.8 Å². The number of unbranched alkanes of at least 4 members (excludes halogenated alkanes) is 2. The van der Waals surface area contributed by atoms with E-state index in [0.717, 1.165) is 0 Å². The number of nitrogens with two attached hydrogens (primary N) is 3. The van der Waals surface area contributed by atoms with Crippen LogP contribution in [0.3, 0.4) is 0 Å². The van der Waals surface area contributed by atoms with Gasteiger partial charge in [0.1, 0.15) is 48.3 Å². The number of aliphatic hydroxyl groups is 2. The van der Waals surface area contributed by atoms with Gasteiger partial charge >= 0.3 is 5.97 Å². The van der Waals surface area contributed by atoms with Crippen molar-refractivity contribution in [1.82, 2.24) is 42.5 Å². The highest BCUT2D eigenvalue weighted by molar-refractivity contribution is 5.98. The van der Waals surface area contributed by atoms with Gasteiger partial charge in [-0.15, -0.1) is 0 Å². The standard InChI is InChI=1S/C47H81N11O12/c1-26(2)21-34(41(63)51-24-37(61)57-38(28(5)6)47(69)70)55-45(67)36(23-30-15-9-8-10-16-30)56-46(68)39(29(7)60)58-43(65)33(18-12-14-20-49)52-42(64)32(17-11-13-19-48)53-44(66)35(22-27(3)4)54-40(62)31(50)25-59/h8-10,15-16,26-29,31-36,38-39,59-60H,11-14,17-25,48-50H2,1-7H3,(H,51,63)(H,52,64)(H,53,66)(H,54,62)(H,55,67)(H,56,68)(H,57,61)(H,58,65)(H,69,70)/t29-,31+,32+,33+,34+,35+,36+,38+,39+/m1/s1. The van der Waals surface area contributed by atoms with Crippen molar-refractivity contribution in [2.75, 3.05) is 26.2 Å². The van der Waals surface area contributed by atoms with E-state index in [0.29, 0.717) is 37.8 Å². The van der Waals surface area contributed by atoms with Gasteiger partial charge in [-0.05, 0) is 94.7 Å². The van der Waals surface area contributed by atoms with E-state index in [1.165, 1.54) is 6.92 Å². The number of carbonyl (C=O) groups excluding carboxylic acids is 8. The van der Waals surface area contributed by atoms with Gasteiger partial charge in [-0.2, -0.15) is 0 Å². The van der Waals surface area contributed by atoms with Crippen molar-refractivity contribution >= 4 is 53.2 Å². The first kappa shape index (κ1) is 62.3. The Morgan fingerprint density at radius 3 is 1.44 bits per heavy atom. The van der Waals surface area contributed by atoms with Crippen LogP contribution < -0.4 is 59.7 Å². The molecule has 0 heterocycles. The maximum absolute atomic E-state index is 14.1. The molecular formula is C47H81N11O12. The number of carboxylic acid groups (broad SMARTS) is 1. The van der Waals surface area contributed by atoms with Crippen LogP contribution in [0, 0.1) is 17.8 Å².